The maximum atomic E-state index is 11.1. The zero-order chi connectivity index (χ0) is 15.2. The van der Waals surface area contributed by atoms with Gasteiger partial charge in [0.05, 0.1) is 5.60 Å². The molecule has 0 aromatic carbocycles. The van der Waals surface area contributed by atoms with E-state index in [4.69, 9.17) is 14.9 Å². The smallest absolute Gasteiger partial charge is 0.328 e. The maximum Gasteiger partial charge on any atom is 0.328 e. The summed E-state index contributed by atoms with van der Waals surface area (Å²) in [6.07, 6.45) is 3.82. The molecule has 2 rings (SSSR count). The van der Waals surface area contributed by atoms with Gasteiger partial charge in [0.15, 0.2) is 5.78 Å². The van der Waals surface area contributed by atoms with Crippen molar-refractivity contribution in [2.75, 3.05) is 26.7 Å². The number of carboxylic acids is 2. The van der Waals surface area contributed by atoms with Crippen LogP contribution in [0.1, 0.15) is 19.3 Å². The summed E-state index contributed by atoms with van der Waals surface area (Å²) in [7, 11) is 2.11. The Morgan fingerprint density at radius 2 is 1.70 bits per heavy atom. The minimum Gasteiger partial charge on any atom is -0.478 e. The van der Waals surface area contributed by atoms with E-state index in [-0.39, 0.29) is 11.4 Å². The molecule has 7 nitrogen and oxygen atoms in total. The van der Waals surface area contributed by atoms with Gasteiger partial charge in [0.25, 0.3) is 0 Å². The summed E-state index contributed by atoms with van der Waals surface area (Å²) in [4.78, 5) is 32.5. The third-order valence-electron chi connectivity index (χ3n) is 3.33. The lowest BCUT2D eigenvalue weighted by molar-refractivity contribution is -0.134. The van der Waals surface area contributed by atoms with Crippen molar-refractivity contribution in [1.29, 1.82) is 0 Å². The van der Waals surface area contributed by atoms with E-state index in [0.29, 0.717) is 25.2 Å². The van der Waals surface area contributed by atoms with Crippen molar-refractivity contribution in [3.8, 4) is 0 Å². The molecule has 1 spiro atoms. The molecule has 2 N–H and O–H groups in total. The second kappa shape index (κ2) is 7.16. The highest BCUT2D eigenvalue weighted by molar-refractivity contribution is 5.89. The summed E-state index contributed by atoms with van der Waals surface area (Å²) in [5, 5.41) is 15.6. The number of likely N-dealkylation sites (tertiary alicyclic amines) is 1. The molecule has 0 radical (unpaired) electrons. The minimum absolute atomic E-state index is 0.0659. The topological polar surface area (TPSA) is 104 Å². The van der Waals surface area contributed by atoms with Crippen LogP contribution >= 0.6 is 0 Å². The van der Waals surface area contributed by atoms with Crippen LogP contribution in [0.4, 0.5) is 0 Å². The number of hydrogen-bond donors (Lipinski definition) is 2. The molecule has 20 heavy (non-hydrogen) atoms. The lowest BCUT2D eigenvalue weighted by Crippen LogP contribution is -2.42. The molecular formula is C13H19NO6. The number of piperidine rings is 1. The predicted octanol–water partition coefficient (Wildman–Crippen LogP) is 0.152. The molecule has 0 aliphatic carbocycles. The van der Waals surface area contributed by atoms with Crippen LogP contribution in [0.5, 0.6) is 0 Å². The van der Waals surface area contributed by atoms with Gasteiger partial charge in [0, 0.05) is 31.7 Å². The Kier molecular flexibility index (Phi) is 5.84. The van der Waals surface area contributed by atoms with Gasteiger partial charge in [-0.15, -0.1) is 0 Å². The van der Waals surface area contributed by atoms with E-state index >= 15 is 0 Å². The molecule has 112 valence electrons. The van der Waals surface area contributed by atoms with Crippen LogP contribution in [0.25, 0.3) is 0 Å². The molecule has 0 saturated carbocycles. The fraction of sp³-hybridized carbons (Fsp3) is 0.615. The average molecular weight is 285 g/mol. The molecule has 0 bridgehead atoms. The van der Waals surface area contributed by atoms with Crippen molar-refractivity contribution in [3.63, 3.8) is 0 Å². The van der Waals surface area contributed by atoms with Crippen LogP contribution in [0.15, 0.2) is 12.2 Å². The van der Waals surface area contributed by atoms with Gasteiger partial charge in [0.2, 0.25) is 0 Å². The molecule has 2 saturated heterocycles. The summed E-state index contributed by atoms with van der Waals surface area (Å²) in [5.74, 6) is -2.24. The largest absolute Gasteiger partial charge is 0.478 e. The quantitative estimate of drug-likeness (QED) is 0.696. The van der Waals surface area contributed by atoms with Crippen LogP contribution in [-0.2, 0) is 19.1 Å². The summed E-state index contributed by atoms with van der Waals surface area (Å²) < 4.78 is 5.57. The van der Waals surface area contributed by atoms with Gasteiger partial charge < -0.3 is 19.8 Å². The Morgan fingerprint density at radius 1 is 1.20 bits per heavy atom. The number of carbonyl (C=O) groups is 3. The monoisotopic (exact) mass is 285 g/mol. The van der Waals surface area contributed by atoms with Crippen molar-refractivity contribution in [2.24, 2.45) is 0 Å². The average Bonchev–Trinajstić information content (AvgIpc) is 2.73. The number of hydrogen-bond acceptors (Lipinski definition) is 5. The van der Waals surface area contributed by atoms with Crippen LogP contribution in [0, 0.1) is 0 Å². The highest BCUT2D eigenvalue weighted by atomic mass is 16.5. The summed E-state index contributed by atoms with van der Waals surface area (Å²) >= 11 is 0. The fourth-order valence-electron chi connectivity index (χ4n) is 2.18. The SMILES string of the molecule is CN1CCC2(CC1)CC(=O)CO2.O=C(O)C=CC(=O)O. The Bertz CT molecular complexity index is 393. The van der Waals surface area contributed by atoms with Crippen LogP contribution in [-0.4, -0.2) is 65.2 Å². The molecule has 0 aromatic heterocycles. The van der Waals surface area contributed by atoms with E-state index in [1.54, 1.807) is 0 Å². The molecule has 0 aromatic rings. The Morgan fingerprint density at radius 3 is 2.05 bits per heavy atom. The lowest BCUT2D eigenvalue weighted by atomic mass is 9.89. The van der Waals surface area contributed by atoms with Gasteiger partial charge in [0.1, 0.15) is 6.61 Å². The Balaban J connectivity index is 0.000000221. The molecule has 0 atom stereocenters. The minimum atomic E-state index is -1.26. The van der Waals surface area contributed by atoms with Crippen molar-refractivity contribution in [2.45, 2.75) is 24.9 Å². The second-order valence-electron chi connectivity index (χ2n) is 5.00. The number of ether oxygens (including phenoxy) is 1. The van der Waals surface area contributed by atoms with Gasteiger partial charge in [-0.2, -0.15) is 0 Å². The van der Waals surface area contributed by atoms with Crippen LogP contribution < -0.4 is 0 Å². The van der Waals surface area contributed by atoms with Gasteiger partial charge in [-0.1, -0.05) is 0 Å². The first-order valence-electron chi connectivity index (χ1n) is 6.31. The standard InChI is InChI=1S/C9H15NO2.C4H4O4/c1-10-4-2-9(3-5-10)6-8(11)7-12-9;5-3(6)1-2-4(7)8/h2-7H2,1H3;1-2H,(H,5,6)(H,7,8). The molecule has 7 heteroatoms. The molecule has 0 amide bonds. The number of aliphatic carboxylic acids is 2. The first-order valence-corrected chi connectivity index (χ1v) is 6.31. The highest BCUT2D eigenvalue weighted by Gasteiger charge is 2.41. The summed E-state index contributed by atoms with van der Waals surface area (Å²) in [6, 6.07) is 0. The zero-order valence-corrected chi connectivity index (χ0v) is 11.4. The first kappa shape index (κ1) is 16.3. The van der Waals surface area contributed by atoms with Crippen molar-refractivity contribution in [1.82, 2.24) is 4.90 Å². The van der Waals surface area contributed by atoms with E-state index in [2.05, 4.69) is 11.9 Å². The zero-order valence-electron chi connectivity index (χ0n) is 11.4. The van der Waals surface area contributed by atoms with Gasteiger partial charge in [-0.25, -0.2) is 9.59 Å². The van der Waals surface area contributed by atoms with Crippen LogP contribution in [0.2, 0.25) is 0 Å². The van der Waals surface area contributed by atoms with Crippen molar-refractivity contribution in [3.05, 3.63) is 12.2 Å². The van der Waals surface area contributed by atoms with E-state index in [9.17, 15) is 14.4 Å². The summed E-state index contributed by atoms with van der Waals surface area (Å²) in [6.45, 7) is 2.48. The first-order chi connectivity index (χ1) is 9.33. The molecular weight excluding hydrogens is 266 g/mol. The van der Waals surface area contributed by atoms with Crippen molar-refractivity contribution >= 4 is 17.7 Å². The predicted molar refractivity (Wildman–Crippen MR) is 69.4 cm³/mol. The third kappa shape index (κ3) is 5.50. The Labute approximate surface area is 116 Å². The maximum absolute atomic E-state index is 11.1. The second-order valence-corrected chi connectivity index (χ2v) is 5.00. The number of rotatable bonds is 2. The lowest BCUT2D eigenvalue weighted by Gasteiger charge is -2.36. The van der Waals surface area contributed by atoms with Crippen LogP contribution in [0.3, 0.4) is 0 Å². The van der Waals surface area contributed by atoms with E-state index in [1.165, 1.54) is 0 Å². The number of nitrogens with zero attached hydrogens (tertiary/aromatic N) is 1. The van der Waals surface area contributed by atoms with Crippen molar-refractivity contribution < 1.29 is 29.3 Å². The number of ketones is 1. The normalized spacial score (nSPS) is 21.8. The molecule has 0 unspecified atom stereocenters. The molecule has 2 aliphatic heterocycles. The number of carboxylic acid groups (broad SMARTS) is 2. The highest BCUT2D eigenvalue weighted by Crippen LogP contribution is 2.33. The molecule has 2 aliphatic rings. The van der Waals surface area contributed by atoms with Gasteiger partial charge >= 0.3 is 11.9 Å². The number of carbonyl (C=O) groups excluding carboxylic acids is 1. The fourth-order valence-corrected chi connectivity index (χ4v) is 2.18. The van der Waals surface area contributed by atoms with E-state index in [1.807, 2.05) is 0 Å². The number of Topliss-reactive ketones (excluding diaryl/α,β-unsaturated/α-hetero) is 1. The van der Waals surface area contributed by atoms with Gasteiger partial charge in [-0.3, -0.25) is 4.79 Å². The Hall–Kier alpha value is -1.73. The van der Waals surface area contributed by atoms with Gasteiger partial charge in [-0.05, 0) is 19.9 Å². The van der Waals surface area contributed by atoms with E-state index in [0.717, 1.165) is 25.9 Å². The molecule has 2 fully saturated rings. The van der Waals surface area contributed by atoms with E-state index < -0.39 is 11.9 Å². The third-order valence-corrected chi connectivity index (χ3v) is 3.33. The molecule has 2 heterocycles. The summed E-state index contributed by atoms with van der Waals surface area (Å²) in [5.41, 5.74) is -0.0659.